The summed E-state index contributed by atoms with van der Waals surface area (Å²) in [6.45, 7) is 5.35. The monoisotopic (exact) mass is 193 g/mol. The van der Waals surface area contributed by atoms with Crippen LogP contribution in [0.4, 0.5) is 0 Å². The number of benzene rings is 1. The van der Waals surface area contributed by atoms with Crippen LogP contribution in [-0.2, 0) is 0 Å². The molecular formula is C13H23N. The van der Waals surface area contributed by atoms with Gasteiger partial charge in [-0.3, -0.25) is 0 Å². The predicted molar refractivity (Wildman–Crippen MR) is 64.2 cm³/mol. The van der Waals surface area contributed by atoms with Gasteiger partial charge in [-0.15, -0.1) is 0 Å². The zero-order valence-electron chi connectivity index (χ0n) is 9.45. The molecule has 0 saturated carbocycles. The number of nitrogens with two attached hydrogens (primary N) is 1. The van der Waals surface area contributed by atoms with Gasteiger partial charge in [-0.2, -0.15) is 0 Å². The maximum Gasteiger partial charge on any atom is -0.00773 e. The van der Waals surface area contributed by atoms with Crippen molar-refractivity contribution >= 4 is 0 Å². The van der Waals surface area contributed by atoms with Gasteiger partial charge < -0.3 is 5.73 Å². The molecular weight excluding hydrogens is 170 g/mol. The highest BCUT2D eigenvalue weighted by molar-refractivity contribution is 4.99. The van der Waals surface area contributed by atoms with Crippen molar-refractivity contribution in [3.05, 3.63) is 36.4 Å². The summed E-state index contributed by atoms with van der Waals surface area (Å²) in [6.07, 6.45) is 3.82. The predicted octanol–water partition coefficient (Wildman–Crippen LogP) is 3.46. The fourth-order valence-electron chi connectivity index (χ4n) is 1.08. The lowest BCUT2D eigenvalue weighted by molar-refractivity contribution is 0.541. The molecule has 0 bridgehead atoms. The third-order valence-electron chi connectivity index (χ3n) is 1.90. The average molecular weight is 193 g/mol. The molecule has 0 spiro atoms. The van der Waals surface area contributed by atoms with Crippen LogP contribution >= 0.6 is 0 Å². The second kappa shape index (κ2) is 10.3. The van der Waals surface area contributed by atoms with Gasteiger partial charge in [-0.05, 0) is 18.9 Å². The quantitative estimate of drug-likeness (QED) is 0.728. The minimum atomic E-state index is 0.849. The molecule has 2 N–H and O–H groups in total. The number of hydrogen-bond acceptors (Lipinski definition) is 1. The first kappa shape index (κ1) is 13.2. The van der Waals surface area contributed by atoms with Gasteiger partial charge in [0.1, 0.15) is 0 Å². The van der Waals surface area contributed by atoms with Gasteiger partial charge in [-0.1, -0.05) is 63.1 Å². The van der Waals surface area contributed by atoms with Gasteiger partial charge in [0.2, 0.25) is 0 Å². The Morgan fingerprint density at radius 2 is 1.29 bits per heavy atom. The lowest BCUT2D eigenvalue weighted by Gasteiger charge is -2.00. The van der Waals surface area contributed by atoms with E-state index in [0.717, 1.165) is 12.5 Å². The van der Waals surface area contributed by atoms with E-state index in [0.29, 0.717) is 0 Å². The lowest BCUT2D eigenvalue weighted by atomic mass is 10.1. The van der Waals surface area contributed by atoms with Crippen LogP contribution in [0.2, 0.25) is 0 Å². The largest absolute Gasteiger partial charge is 0.330 e. The summed E-state index contributed by atoms with van der Waals surface area (Å²) in [4.78, 5) is 0. The van der Waals surface area contributed by atoms with Gasteiger partial charge >= 0.3 is 0 Å². The van der Waals surface area contributed by atoms with Crippen molar-refractivity contribution in [1.82, 2.24) is 0 Å². The van der Waals surface area contributed by atoms with E-state index >= 15 is 0 Å². The second-order valence-corrected chi connectivity index (χ2v) is 3.83. The number of unbranched alkanes of at least 4 members (excludes halogenated alkanes) is 1. The van der Waals surface area contributed by atoms with Crippen molar-refractivity contribution in [2.75, 3.05) is 6.54 Å². The topological polar surface area (TPSA) is 26.0 Å². The molecule has 1 aromatic carbocycles. The van der Waals surface area contributed by atoms with Crippen LogP contribution in [0.25, 0.3) is 0 Å². The minimum Gasteiger partial charge on any atom is -0.330 e. The molecule has 1 rings (SSSR count). The van der Waals surface area contributed by atoms with Crippen LogP contribution < -0.4 is 5.73 Å². The Morgan fingerprint density at radius 3 is 1.57 bits per heavy atom. The first-order valence-corrected chi connectivity index (χ1v) is 5.47. The van der Waals surface area contributed by atoms with Crippen LogP contribution in [0, 0.1) is 5.92 Å². The van der Waals surface area contributed by atoms with E-state index in [1.165, 1.54) is 19.3 Å². The van der Waals surface area contributed by atoms with Crippen molar-refractivity contribution in [1.29, 1.82) is 0 Å². The van der Waals surface area contributed by atoms with Crippen LogP contribution in [0.1, 0.15) is 33.1 Å². The molecule has 0 atom stereocenters. The molecule has 0 heterocycles. The molecule has 0 aliphatic rings. The SMILES string of the molecule is CC(C)CCCCN.c1ccccc1. The molecule has 1 heteroatoms. The Balaban J connectivity index is 0.000000249. The zero-order chi connectivity index (χ0) is 10.6. The molecule has 0 amide bonds. The van der Waals surface area contributed by atoms with E-state index in [9.17, 15) is 0 Å². The normalized spacial score (nSPS) is 9.43. The van der Waals surface area contributed by atoms with Crippen molar-refractivity contribution < 1.29 is 0 Å². The highest BCUT2D eigenvalue weighted by Gasteiger charge is 1.90. The summed E-state index contributed by atoms with van der Waals surface area (Å²) in [5, 5.41) is 0. The number of rotatable bonds is 4. The number of hydrogen-bond donors (Lipinski definition) is 1. The summed E-state index contributed by atoms with van der Waals surface area (Å²) in [5.41, 5.74) is 5.31. The van der Waals surface area contributed by atoms with E-state index in [1.54, 1.807) is 0 Å². The molecule has 1 aromatic rings. The van der Waals surface area contributed by atoms with Crippen molar-refractivity contribution in [2.45, 2.75) is 33.1 Å². The first-order chi connectivity index (χ1) is 6.77. The van der Waals surface area contributed by atoms with Crippen LogP contribution in [0.15, 0.2) is 36.4 Å². The maximum absolute atomic E-state index is 5.31. The molecule has 0 saturated heterocycles. The van der Waals surface area contributed by atoms with Gasteiger partial charge in [0.05, 0.1) is 0 Å². The van der Waals surface area contributed by atoms with Crippen molar-refractivity contribution in [2.24, 2.45) is 11.7 Å². The summed E-state index contributed by atoms with van der Waals surface area (Å²) in [7, 11) is 0. The molecule has 14 heavy (non-hydrogen) atoms. The van der Waals surface area contributed by atoms with E-state index in [2.05, 4.69) is 13.8 Å². The summed E-state index contributed by atoms with van der Waals surface area (Å²) in [5.74, 6) is 0.849. The van der Waals surface area contributed by atoms with Gasteiger partial charge in [-0.25, -0.2) is 0 Å². The van der Waals surface area contributed by atoms with Crippen LogP contribution in [-0.4, -0.2) is 6.54 Å². The standard InChI is InChI=1S/C7H17N.C6H6/c1-7(2)5-3-4-6-8;1-2-4-6-5-3-1/h7H,3-6,8H2,1-2H3;1-6H. The molecule has 0 aromatic heterocycles. The van der Waals surface area contributed by atoms with Gasteiger partial charge in [0.25, 0.3) is 0 Å². The first-order valence-electron chi connectivity index (χ1n) is 5.47. The Labute approximate surface area is 88.3 Å². The van der Waals surface area contributed by atoms with Gasteiger partial charge in [0, 0.05) is 0 Å². The van der Waals surface area contributed by atoms with Crippen molar-refractivity contribution in [3.8, 4) is 0 Å². The van der Waals surface area contributed by atoms with E-state index < -0.39 is 0 Å². The highest BCUT2D eigenvalue weighted by atomic mass is 14.5. The molecule has 0 fully saturated rings. The molecule has 1 nitrogen and oxygen atoms in total. The molecule has 0 unspecified atom stereocenters. The molecule has 80 valence electrons. The molecule has 0 aliphatic heterocycles. The fourth-order valence-corrected chi connectivity index (χ4v) is 1.08. The van der Waals surface area contributed by atoms with Crippen molar-refractivity contribution in [3.63, 3.8) is 0 Å². The maximum atomic E-state index is 5.31. The zero-order valence-corrected chi connectivity index (χ0v) is 9.45. The Kier molecular flexibility index (Phi) is 9.66. The third-order valence-corrected chi connectivity index (χ3v) is 1.90. The van der Waals surface area contributed by atoms with Crippen LogP contribution in [0.3, 0.4) is 0 Å². The fraction of sp³-hybridized carbons (Fsp3) is 0.538. The Hall–Kier alpha value is -0.820. The molecule has 0 radical (unpaired) electrons. The van der Waals surface area contributed by atoms with Crippen LogP contribution in [0.5, 0.6) is 0 Å². The lowest BCUT2D eigenvalue weighted by Crippen LogP contribution is -1.98. The minimum absolute atomic E-state index is 0.849. The second-order valence-electron chi connectivity index (χ2n) is 3.83. The Morgan fingerprint density at radius 1 is 0.857 bits per heavy atom. The summed E-state index contributed by atoms with van der Waals surface area (Å²) in [6, 6.07) is 12.0. The van der Waals surface area contributed by atoms with E-state index in [4.69, 9.17) is 5.73 Å². The van der Waals surface area contributed by atoms with Gasteiger partial charge in [0.15, 0.2) is 0 Å². The van der Waals surface area contributed by atoms with E-state index in [1.807, 2.05) is 36.4 Å². The summed E-state index contributed by atoms with van der Waals surface area (Å²) < 4.78 is 0. The average Bonchev–Trinajstić information content (AvgIpc) is 2.21. The summed E-state index contributed by atoms with van der Waals surface area (Å²) >= 11 is 0. The highest BCUT2D eigenvalue weighted by Crippen LogP contribution is 2.04. The molecule has 0 aliphatic carbocycles. The Bertz CT molecular complexity index is 155. The van der Waals surface area contributed by atoms with E-state index in [-0.39, 0.29) is 0 Å². The third kappa shape index (κ3) is 11.2. The smallest absolute Gasteiger partial charge is 0.00773 e.